The van der Waals surface area contributed by atoms with E-state index >= 15 is 0 Å². The van der Waals surface area contributed by atoms with Gasteiger partial charge in [0.05, 0.1) is 5.41 Å². The highest BCUT2D eigenvalue weighted by Gasteiger charge is 2.43. The third kappa shape index (κ3) is 3.35. The molecule has 5 heteroatoms. The third-order valence-electron chi connectivity index (χ3n) is 4.85. The first-order chi connectivity index (χ1) is 10.4. The zero-order valence-corrected chi connectivity index (χ0v) is 16.0. The molecule has 0 radical (unpaired) electrons. The summed E-state index contributed by atoms with van der Waals surface area (Å²) in [5.41, 5.74) is -0.958. The van der Waals surface area contributed by atoms with E-state index in [1.165, 1.54) is 0 Å². The van der Waals surface area contributed by atoms with Crippen molar-refractivity contribution in [2.24, 2.45) is 5.41 Å². The molecule has 0 fully saturated rings. The molecular formula is C18H30O4S. The van der Waals surface area contributed by atoms with Crippen LogP contribution >= 0.6 is 10.0 Å². The van der Waals surface area contributed by atoms with Crippen LogP contribution in [0.2, 0.25) is 0 Å². The Kier molecular flexibility index (Phi) is 5.79. The van der Waals surface area contributed by atoms with Crippen LogP contribution in [-0.2, 0) is 9.59 Å². The zero-order valence-electron chi connectivity index (χ0n) is 15.2. The smallest absolute Gasteiger partial charge is 0.331 e. The molecule has 0 aliphatic heterocycles. The van der Waals surface area contributed by atoms with Crippen LogP contribution in [0, 0.1) is 5.41 Å². The number of carbonyl (C=O) groups is 2. The van der Waals surface area contributed by atoms with Crippen molar-refractivity contribution < 1.29 is 19.8 Å². The summed E-state index contributed by atoms with van der Waals surface area (Å²) < 4.78 is 0. The van der Waals surface area contributed by atoms with Crippen LogP contribution in [0.25, 0.3) is 0 Å². The summed E-state index contributed by atoms with van der Waals surface area (Å²) in [5, 5.41) is 20.1. The van der Waals surface area contributed by atoms with Gasteiger partial charge in [-0.2, -0.15) is 0 Å². The lowest BCUT2D eigenvalue weighted by Gasteiger charge is -2.53. The van der Waals surface area contributed by atoms with E-state index in [0.29, 0.717) is 15.7 Å². The Morgan fingerprint density at radius 3 is 1.78 bits per heavy atom. The van der Waals surface area contributed by atoms with Crippen molar-refractivity contribution in [3.63, 3.8) is 0 Å². The molecule has 0 saturated carbocycles. The van der Waals surface area contributed by atoms with Crippen molar-refractivity contribution in [2.45, 2.75) is 70.6 Å². The first-order valence-corrected chi connectivity index (χ1v) is 9.92. The minimum Gasteiger partial charge on any atom is -0.481 e. The van der Waals surface area contributed by atoms with Crippen molar-refractivity contribution in [1.29, 1.82) is 0 Å². The minimum atomic E-state index is -1.36. The van der Waals surface area contributed by atoms with Crippen molar-refractivity contribution in [3.05, 3.63) is 22.6 Å². The monoisotopic (exact) mass is 342 g/mol. The van der Waals surface area contributed by atoms with Crippen LogP contribution in [0.15, 0.2) is 22.6 Å². The lowest BCUT2D eigenvalue weighted by atomic mass is 9.80. The molecule has 4 nitrogen and oxygen atoms in total. The van der Waals surface area contributed by atoms with Gasteiger partial charge in [0.2, 0.25) is 0 Å². The fraction of sp³-hybridized carbons (Fsp3) is 0.667. The molecule has 23 heavy (non-hydrogen) atoms. The zero-order chi connectivity index (χ0) is 18.2. The average Bonchev–Trinajstić information content (AvgIpc) is 2.37. The summed E-state index contributed by atoms with van der Waals surface area (Å²) in [6, 6.07) is 0. The number of carboxylic acids is 2. The first kappa shape index (κ1) is 19.8. The van der Waals surface area contributed by atoms with Gasteiger partial charge in [-0.15, -0.1) is 0 Å². The van der Waals surface area contributed by atoms with Crippen LogP contribution < -0.4 is 0 Å². The fourth-order valence-corrected chi connectivity index (χ4v) is 9.66. The van der Waals surface area contributed by atoms with Crippen molar-refractivity contribution in [2.75, 3.05) is 0 Å². The van der Waals surface area contributed by atoms with E-state index in [0.717, 1.165) is 4.91 Å². The van der Waals surface area contributed by atoms with Crippen LogP contribution in [0.1, 0.15) is 54.9 Å². The van der Waals surface area contributed by atoms with E-state index in [4.69, 9.17) is 0 Å². The summed E-state index contributed by atoms with van der Waals surface area (Å²) in [6.07, 6.45) is 3.62. The number of carboxylic acid groups (broad SMARTS) is 2. The fourth-order valence-electron chi connectivity index (χ4n) is 3.95. The second kappa shape index (κ2) is 6.71. The van der Waals surface area contributed by atoms with Gasteiger partial charge in [0.15, 0.2) is 0 Å². The SMILES string of the molecule is CC(C)S(C1=CC(C)(C(=O)O)CC(C(=O)O)=C1)(C(C)C)C(C)C. The Hall–Kier alpha value is -1.23. The van der Waals surface area contributed by atoms with Gasteiger partial charge < -0.3 is 10.2 Å². The molecule has 2 N–H and O–H groups in total. The molecule has 0 aromatic heterocycles. The maximum atomic E-state index is 11.8. The van der Waals surface area contributed by atoms with Crippen LogP contribution in [0.3, 0.4) is 0 Å². The largest absolute Gasteiger partial charge is 0.481 e. The third-order valence-corrected chi connectivity index (χ3v) is 10.6. The normalized spacial score (nSPS) is 23.0. The predicted octanol–water partition coefficient (Wildman–Crippen LogP) is 4.41. The van der Waals surface area contributed by atoms with Gasteiger partial charge in [0, 0.05) is 5.57 Å². The van der Waals surface area contributed by atoms with E-state index in [9.17, 15) is 19.8 Å². The van der Waals surface area contributed by atoms with E-state index < -0.39 is 27.4 Å². The van der Waals surface area contributed by atoms with E-state index in [1.54, 1.807) is 13.0 Å². The quantitative estimate of drug-likeness (QED) is 0.750. The number of hydrogen-bond acceptors (Lipinski definition) is 2. The molecular weight excluding hydrogens is 312 g/mol. The molecule has 1 rings (SSSR count). The maximum absolute atomic E-state index is 11.8. The summed E-state index contributed by atoms with van der Waals surface area (Å²) >= 11 is 0. The molecule has 0 heterocycles. The molecule has 0 amide bonds. The number of hydrogen-bond donors (Lipinski definition) is 2. The highest BCUT2D eigenvalue weighted by atomic mass is 32.3. The molecule has 0 bridgehead atoms. The summed E-state index contributed by atoms with van der Waals surface area (Å²) in [5.74, 6) is -1.99. The van der Waals surface area contributed by atoms with E-state index in [2.05, 4.69) is 41.5 Å². The van der Waals surface area contributed by atoms with Crippen molar-refractivity contribution >= 4 is 22.0 Å². The first-order valence-electron chi connectivity index (χ1n) is 8.09. The number of allylic oxidation sites excluding steroid dienone is 1. The van der Waals surface area contributed by atoms with Crippen LogP contribution in [0.5, 0.6) is 0 Å². The Bertz CT molecular complexity index is 536. The molecule has 0 saturated heterocycles. The lowest BCUT2D eigenvalue weighted by molar-refractivity contribution is -0.145. The Morgan fingerprint density at radius 1 is 1.04 bits per heavy atom. The number of aliphatic carboxylic acids is 2. The van der Waals surface area contributed by atoms with Crippen LogP contribution in [-0.4, -0.2) is 37.9 Å². The van der Waals surface area contributed by atoms with Gasteiger partial charge in [-0.3, -0.25) is 4.79 Å². The molecule has 0 aromatic rings. The highest BCUT2D eigenvalue weighted by Crippen LogP contribution is 2.68. The van der Waals surface area contributed by atoms with Gasteiger partial charge in [-0.1, -0.05) is 47.6 Å². The van der Waals surface area contributed by atoms with Gasteiger partial charge >= 0.3 is 11.9 Å². The standard InChI is InChI=1S/C18H30O4S/c1-11(2)23(12(3)4,13(5)6)15-8-14(16(19)20)9-18(7,10-15)17(21)22/h8,10-13H,9H2,1-7H3,(H,19,20)(H,21,22). The van der Waals surface area contributed by atoms with Crippen molar-refractivity contribution in [1.82, 2.24) is 0 Å². The topological polar surface area (TPSA) is 74.6 Å². The Morgan fingerprint density at radius 2 is 1.48 bits per heavy atom. The van der Waals surface area contributed by atoms with Gasteiger partial charge in [0.1, 0.15) is 0 Å². The summed E-state index contributed by atoms with van der Waals surface area (Å²) in [4.78, 5) is 24.3. The van der Waals surface area contributed by atoms with Gasteiger partial charge in [-0.05, 0) is 40.1 Å². The molecule has 0 aromatic carbocycles. The van der Waals surface area contributed by atoms with Gasteiger partial charge in [-0.25, -0.2) is 14.8 Å². The second-order valence-corrected chi connectivity index (χ2v) is 12.2. The highest BCUT2D eigenvalue weighted by molar-refractivity contribution is 8.38. The second-order valence-electron chi connectivity index (χ2n) is 7.33. The lowest BCUT2D eigenvalue weighted by Crippen LogP contribution is -2.35. The van der Waals surface area contributed by atoms with Gasteiger partial charge in [0.25, 0.3) is 0 Å². The van der Waals surface area contributed by atoms with E-state index in [1.807, 2.05) is 6.08 Å². The predicted molar refractivity (Wildman–Crippen MR) is 97.2 cm³/mol. The molecule has 1 unspecified atom stereocenters. The average molecular weight is 343 g/mol. The summed E-state index contributed by atoms with van der Waals surface area (Å²) in [6.45, 7) is 14.6. The van der Waals surface area contributed by atoms with Crippen LogP contribution in [0.4, 0.5) is 0 Å². The number of rotatable bonds is 6. The Labute approximate surface area is 141 Å². The molecule has 1 aliphatic carbocycles. The Balaban J connectivity index is 3.69. The van der Waals surface area contributed by atoms with E-state index in [-0.39, 0.29) is 12.0 Å². The molecule has 1 aliphatic rings. The molecule has 1 atom stereocenters. The maximum Gasteiger partial charge on any atom is 0.331 e. The van der Waals surface area contributed by atoms with Crippen molar-refractivity contribution in [3.8, 4) is 0 Å². The summed E-state index contributed by atoms with van der Waals surface area (Å²) in [7, 11) is -1.36. The minimum absolute atomic E-state index is 0.0327. The molecule has 0 spiro atoms. The molecule has 132 valence electrons.